The maximum Gasteiger partial charge on any atom is 0.133 e. The molecule has 1 aromatic rings. The zero-order valence-electron chi connectivity index (χ0n) is 9.30. The van der Waals surface area contributed by atoms with E-state index in [1.807, 2.05) is 29.2 Å². The normalized spacial score (nSPS) is 20.3. The molecule has 0 saturated carbocycles. The number of rotatable bonds is 2. The fourth-order valence-electron chi connectivity index (χ4n) is 1.89. The number of nitrogens with two attached hydrogens (primary N) is 1. The lowest BCUT2D eigenvalue weighted by atomic mass is 10.1. The Bertz CT molecular complexity index is 318. The Balaban J connectivity index is 2.04. The van der Waals surface area contributed by atoms with Crippen LogP contribution in [-0.4, -0.2) is 36.3 Å². The predicted octanol–water partition coefficient (Wildman–Crippen LogP) is 0.982. The van der Waals surface area contributed by atoms with Gasteiger partial charge in [-0.1, -0.05) is 12.1 Å². The maximum absolute atomic E-state index is 10.2. The molecule has 1 heterocycles. The summed E-state index contributed by atoms with van der Waals surface area (Å²) in [5.41, 5.74) is 7.22. The number of benzene rings is 1. The molecule has 0 amide bonds. The summed E-state index contributed by atoms with van der Waals surface area (Å²) < 4.78 is 5.36. The highest BCUT2D eigenvalue weighted by molar-refractivity contribution is 5.39. The molecule has 0 aliphatic carbocycles. The van der Waals surface area contributed by atoms with Crippen LogP contribution in [0.4, 0.5) is 5.69 Å². The van der Waals surface area contributed by atoms with Gasteiger partial charge in [0, 0.05) is 25.4 Å². The van der Waals surface area contributed by atoms with Crippen LogP contribution in [0.25, 0.3) is 0 Å². The monoisotopic (exact) mass is 222 g/mol. The first-order valence-electron chi connectivity index (χ1n) is 5.62. The van der Waals surface area contributed by atoms with Gasteiger partial charge in [0.2, 0.25) is 0 Å². The van der Waals surface area contributed by atoms with Crippen LogP contribution < -0.4 is 5.73 Å². The van der Waals surface area contributed by atoms with E-state index >= 15 is 0 Å². The molecule has 1 aliphatic heterocycles. The van der Waals surface area contributed by atoms with E-state index in [2.05, 4.69) is 0 Å². The van der Waals surface area contributed by atoms with Crippen molar-refractivity contribution in [3.8, 4) is 0 Å². The van der Waals surface area contributed by atoms with Gasteiger partial charge in [0.15, 0.2) is 0 Å². The largest absolute Gasteiger partial charge is 0.399 e. The molecule has 0 radical (unpaired) electrons. The molecular weight excluding hydrogens is 204 g/mol. The van der Waals surface area contributed by atoms with Gasteiger partial charge < -0.3 is 15.6 Å². The lowest BCUT2D eigenvalue weighted by Gasteiger charge is -2.25. The number of anilines is 1. The number of hydrogen-bond acceptors (Lipinski definition) is 4. The standard InChI is InChI=1S/C12H18N2O2/c13-11-4-2-10(3-5-11)12(15)14-6-1-8-16-9-7-14/h2-5,12,15H,1,6-9,13H2. The summed E-state index contributed by atoms with van der Waals surface area (Å²) in [6, 6.07) is 7.36. The van der Waals surface area contributed by atoms with Crippen LogP contribution in [0.5, 0.6) is 0 Å². The Morgan fingerprint density at radius 3 is 2.69 bits per heavy atom. The van der Waals surface area contributed by atoms with Crippen molar-refractivity contribution in [1.82, 2.24) is 4.90 Å². The molecule has 1 saturated heterocycles. The number of aliphatic hydroxyl groups is 1. The minimum Gasteiger partial charge on any atom is -0.399 e. The summed E-state index contributed by atoms with van der Waals surface area (Å²) in [6.45, 7) is 3.11. The van der Waals surface area contributed by atoms with Crippen LogP contribution >= 0.6 is 0 Å². The second-order valence-electron chi connectivity index (χ2n) is 4.04. The highest BCUT2D eigenvalue weighted by Crippen LogP contribution is 2.19. The first-order valence-corrected chi connectivity index (χ1v) is 5.62. The number of nitrogen functional groups attached to an aromatic ring is 1. The molecule has 1 aliphatic rings. The molecule has 3 N–H and O–H groups in total. The summed E-state index contributed by atoms with van der Waals surface area (Å²) in [4.78, 5) is 2.03. The second-order valence-corrected chi connectivity index (χ2v) is 4.04. The van der Waals surface area contributed by atoms with Crippen molar-refractivity contribution in [3.05, 3.63) is 29.8 Å². The summed E-state index contributed by atoms with van der Waals surface area (Å²) in [5.74, 6) is 0. The van der Waals surface area contributed by atoms with Gasteiger partial charge in [-0.15, -0.1) is 0 Å². The molecule has 4 heteroatoms. The Hall–Kier alpha value is -1.10. The Kier molecular flexibility index (Phi) is 3.77. The number of ether oxygens (including phenoxy) is 1. The van der Waals surface area contributed by atoms with Gasteiger partial charge >= 0.3 is 0 Å². The van der Waals surface area contributed by atoms with Crippen LogP contribution in [0.2, 0.25) is 0 Å². The SMILES string of the molecule is Nc1ccc(C(O)N2CCCOCC2)cc1. The van der Waals surface area contributed by atoms with Crippen molar-refractivity contribution >= 4 is 5.69 Å². The third kappa shape index (κ3) is 2.72. The number of aliphatic hydroxyl groups excluding tert-OH is 1. The van der Waals surface area contributed by atoms with Crippen LogP contribution in [0.3, 0.4) is 0 Å². The van der Waals surface area contributed by atoms with Gasteiger partial charge in [0.1, 0.15) is 6.23 Å². The minimum atomic E-state index is -0.553. The summed E-state index contributed by atoms with van der Waals surface area (Å²) >= 11 is 0. The molecule has 0 bridgehead atoms. The van der Waals surface area contributed by atoms with E-state index in [9.17, 15) is 5.11 Å². The fourth-order valence-corrected chi connectivity index (χ4v) is 1.89. The average Bonchev–Trinajstić information content (AvgIpc) is 2.57. The predicted molar refractivity (Wildman–Crippen MR) is 62.8 cm³/mol. The third-order valence-corrected chi connectivity index (χ3v) is 2.84. The first-order chi connectivity index (χ1) is 7.77. The van der Waals surface area contributed by atoms with Gasteiger partial charge in [0.25, 0.3) is 0 Å². The molecule has 88 valence electrons. The van der Waals surface area contributed by atoms with Crippen LogP contribution in [-0.2, 0) is 4.74 Å². The molecule has 1 unspecified atom stereocenters. The summed E-state index contributed by atoms with van der Waals surface area (Å²) in [5, 5.41) is 10.2. The zero-order valence-corrected chi connectivity index (χ0v) is 9.30. The Morgan fingerprint density at radius 2 is 1.94 bits per heavy atom. The van der Waals surface area contributed by atoms with Gasteiger partial charge in [-0.25, -0.2) is 0 Å². The minimum absolute atomic E-state index is 0.553. The molecule has 0 aromatic heterocycles. The maximum atomic E-state index is 10.2. The van der Waals surface area contributed by atoms with E-state index in [0.717, 1.165) is 37.4 Å². The molecule has 1 fully saturated rings. The zero-order chi connectivity index (χ0) is 11.4. The molecule has 1 atom stereocenters. The molecule has 0 spiro atoms. The van der Waals surface area contributed by atoms with Crippen molar-refractivity contribution in [1.29, 1.82) is 0 Å². The van der Waals surface area contributed by atoms with E-state index in [0.29, 0.717) is 6.61 Å². The van der Waals surface area contributed by atoms with Gasteiger partial charge in [0.05, 0.1) is 6.61 Å². The number of hydrogen-bond donors (Lipinski definition) is 2. The quantitative estimate of drug-likeness (QED) is 0.732. The fraction of sp³-hybridized carbons (Fsp3) is 0.500. The topological polar surface area (TPSA) is 58.7 Å². The van der Waals surface area contributed by atoms with Gasteiger partial charge in [-0.3, -0.25) is 4.90 Å². The van der Waals surface area contributed by atoms with Crippen molar-refractivity contribution in [2.75, 3.05) is 32.0 Å². The van der Waals surface area contributed by atoms with E-state index in [1.54, 1.807) is 0 Å². The smallest absolute Gasteiger partial charge is 0.133 e. The van der Waals surface area contributed by atoms with E-state index in [1.165, 1.54) is 0 Å². The second kappa shape index (κ2) is 5.30. The van der Waals surface area contributed by atoms with Crippen molar-refractivity contribution in [3.63, 3.8) is 0 Å². The summed E-state index contributed by atoms with van der Waals surface area (Å²) in [7, 11) is 0. The van der Waals surface area contributed by atoms with Gasteiger partial charge in [-0.05, 0) is 24.1 Å². The molecule has 2 rings (SSSR count). The van der Waals surface area contributed by atoms with Gasteiger partial charge in [-0.2, -0.15) is 0 Å². The third-order valence-electron chi connectivity index (χ3n) is 2.84. The highest BCUT2D eigenvalue weighted by Gasteiger charge is 2.18. The molecule has 16 heavy (non-hydrogen) atoms. The Morgan fingerprint density at radius 1 is 1.19 bits per heavy atom. The van der Waals surface area contributed by atoms with Crippen LogP contribution in [0.15, 0.2) is 24.3 Å². The highest BCUT2D eigenvalue weighted by atomic mass is 16.5. The van der Waals surface area contributed by atoms with Crippen molar-refractivity contribution in [2.45, 2.75) is 12.6 Å². The van der Waals surface area contributed by atoms with Crippen LogP contribution in [0.1, 0.15) is 18.2 Å². The number of nitrogens with zero attached hydrogens (tertiary/aromatic N) is 1. The van der Waals surface area contributed by atoms with Crippen molar-refractivity contribution in [2.24, 2.45) is 0 Å². The van der Waals surface area contributed by atoms with E-state index < -0.39 is 6.23 Å². The van der Waals surface area contributed by atoms with Crippen LogP contribution in [0, 0.1) is 0 Å². The lowest BCUT2D eigenvalue weighted by molar-refractivity contribution is 0.000557. The van der Waals surface area contributed by atoms with Crippen molar-refractivity contribution < 1.29 is 9.84 Å². The lowest BCUT2D eigenvalue weighted by Crippen LogP contribution is -2.31. The summed E-state index contributed by atoms with van der Waals surface area (Å²) in [6.07, 6.45) is 0.411. The van der Waals surface area contributed by atoms with E-state index in [-0.39, 0.29) is 0 Å². The molecule has 1 aromatic carbocycles. The average molecular weight is 222 g/mol. The molecule has 4 nitrogen and oxygen atoms in total. The molecular formula is C12H18N2O2. The van der Waals surface area contributed by atoms with E-state index in [4.69, 9.17) is 10.5 Å². The Labute approximate surface area is 95.6 Å². The first kappa shape index (κ1) is 11.4.